The van der Waals surface area contributed by atoms with Crippen molar-refractivity contribution in [2.45, 2.75) is 40.3 Å². The molecule has 0 saturated heterocycles. The van der Waals surface area contributed by atoms with Crippen molar-refractivity contribution in [2.75, 3.05) is 13.6 Å². The van der Waals surface area contributed by atoms with E-state index in [0.29, 0.717) is 6.54 Å². The lowest BCUT2D eigenvalue weighted by Crippen LogP contribution is -2.41. The number of rotatable bonds is 6. The Labute approximate surface area is 171 Å². The topological polar surface area (TPSA) is 58.5 Å². The van der Waals surface area contributed by atoms with Crippen molar-refractivity contribution in [1.29, 1.82) is 0 Å². The maximum atomic E-state index is 5.92. The number of hydrogen-bond acceptors (Lipinski definition) is 4. The fourth-order valence-electron chi connectivity index (χ4n) is 2.33. The standard InChI is InChI=1S/C18H26N4OS.HI/c1-12-7-6-8-16(9-12)23-13(2)10-20-18(19-5)21-11-17-14(3)22-15(4)24-17;/h6-9,13H,10-11H2,1-5H3,(H2,19,20,21);1H. The number of nitrogens with one attached hydrogen (secondary N) is 2. The molecular formula is C18H27IN4OS. The van der Waals surface area contributed by atoms with Gasteiger partial charge in [0, 0.05) is 11.9 Å². The monoisotopic (exact) mass is 474 g/mol. The van der Waals surface area contributed by atoms with Gasteiger partial charge in [-0.25, -0.2) is 4.98 Å². The number of aromatic nitrogens is 1. The summed E-state index contributed by atoms with van der Waals surface area (Å²) in [6.45, 7) is 9.56. The minimum Gasteiger partial charge on any atom is -0.489 e. The van der Waals surface area contributed by atoms with Crippen LogP contribution in [0.4, 0.5) is 0 Å². The molecule has 0 amide bonds. The zero-order valence-corrected chi connectivity index (χ0v) is 18.6. The molecule has 1 aromatic heterocycles. The van der Waals surface area contributed by atoms with Crippen molar-refractivity contribution in [2.24, 2.45) is 4.99 Å². The molecule has 0 saturated carbocycles. The van der Waals surface area contributed by atoms with Crippen molar-refractivity contribution < 1.29 is 4.74 Å². The van der Waals surface area contributed by atoms with Crippen molar-refractivity contribution in [3.8, 4) is 5.75 Å². The van der Waals surface area contributed by atoms with E-state index in [1.165, 1.54) is 10.4 Å². The molecule has 1 heterocycles. The lowest BCUT2D eigenvalue weighted by molar-refractivity contribution is 0.223. The van der Waals surface area contributed by atoms with E-state index in [-0.39, 0.29) is 30.1 Å². The van der Waals surface area contributed by atoms with E-state index >= 15 is 0 Å². The van der Waals surface area contributed by atoms with Crippen LogP contribution in [0, 0.1) is 20.8 Å². The van der Waals surface area contributed by atoms with E-state index < -0.39 is 0 Å². The van der Waals surface area contributed by atoms with Gasteiger partial charge < -0.3 is 15.4 Å². The van der Waals surface area contributed by atoms with Crippen LogP contribution in [0.5, 0.6) is 5.75 Å². The summed E-state index contributed by atoms with van der Waals surface area (Å²) in [5.74, 6) is 1.66. The molecule has 2 rings (SSSR count). The summed E-state index contributed by atoms with van der Waals surface area (Å²) < 4.78 is 5.92. The normalized spacial score (nSPS) is 12.3. The first-order valence-electron chi connectivity index (χ1n) is 8.08. The van der Waals surface area contributed by atoms with Crippen molar-refractivity contribution in [1.82, 2.24) is 15.6 Å². The third-order valence-corrected chi connectivity index (χ3v) is 4.60. The number of benzene rings is 1. The first-order valence-corrected chi connectivity index (χ1v) is 8.90. The molecule has 2 N–H and O–H groups in total. The molecule has 2 aromatic rings. The van der Waals surface area contributed by atoms with Gasteiger partial charge >= 0.3 is 0 Å². The molecule has 0 spiro atoms. The number of hydrogen-bond donors (Lipinski definition) is 2. The Morgan fingerprint density at radius 1 is 1.28 bits per heavy atom. The molecule has 138 valence electrons. The largest absolute Gasteiger partial charge is 0.489 e. The van der Waals surface area contributed by atoms with Gasteiger partial charge in [-0.15, -0.1) is 35.3 Å². The highest BCUT2D eigenvalue weighted by molar-refractivity contribution is 14.0. The second-order valence-corrected chi connectivity index (χ2v) is 7.08. The highest BCUT2D eigenvalue weighted by Gasteiger charge is 2.08. The summed E-state index contributed by atoms with van der Waals surface area (Å²) in [5, 5.41) is 7.71. The van der Waals surface area contributed by atoms with Crippen LogP contribution in [0.1, 0.15) is 28.1 Å². The lowest BCUT2D eigenvalue weighted by Gasteiger charge is -2.18. The predicted molar refractivity (Wildman–Crippen MR) is 116 cm³/mol. The maximum absolute atomic E-state index is 5.92. The lowest BCUT2D eigenvalue weighted by atomic mass is 10.2. The van der Waals surface area contributed by atoms with E-state index in [0.717, 1.165) is 29.0 Å². The molecule has 1 aromatic carbocycles. The van der Waals surface area contributed by atoms with Gasteiger partial charge in [0.15, 0.2) is 5.96 Å². The van der Waals surface area contributed by atoms with Gasteiger partial charge in [0.25, 0.3) is 0 Å². The molecule has 1 atom stereocenters. The highest BCUT2D eigenvalue weighted by Crippen LogP contribution is 2.16. The highest BCUT2D eigenvalue weighted by atomic mass is 127. The second-order valence-electron chi connectivity index (χ2n) is 5.79. The average molecular weight is 474 g/mol. The minimum absolute atomic E-state index is 0. The Hall–Kier alpha value is -1.35. The molecule has 0 aliphatic carbocycles. The molecule has 25 heavy (non-hydrogen) atoms. The molecule has 5 nitrogen and oxygen atoms in total. The fourth-order valence-corrected chi connectivity index (χ4v) is 3.20. The van der Waals surface area contributed by atoms with Gasteiger partial charge in [0.2, 0.25) is 0 Å². The first-order chi connectivity index (χ1) is 11.5. The maximum Gasteiger partial charge on any atom is 0.191 e. The zero-order chi connectivity index (χ0) is 17.5. The van der Waals surface area contributed by atoms with Gasteiger partial charge in [-0.3, -0.25) is 4.99 Å². The fraction of sp³-hybridized carbons (Fsp3) is 0.444. The summed E-state index contributed by atoms with van der Waals surface area (Å²) in [6.07, 6.45) is 0.0396. The number of ether oxygens (including phenoxy) is 1. The second kappa shape index (κ2) is 10.6. The van der Waals surface area contributed by atoms with Crippen molar-refractivity contribution >= 4 is 41.3 Å². The molecular weight excluding hydrogens is 447 g/mol. The molecule has 1 unspecified atom stereocenters. The van der Waals surface area contributed by atoms with Crippen LogP contribution in [-0.2, 0) is 6.54 Å². The Morgan fingerprint density at radius 3 is 2.64 bits per heavy atom. The van der Waals surface area contributed by atoms with Gasteiger partial charge in [0.05, 0.1) is 23.8 Å². The summed E-state index contributed by atoms with van der Waals surface area (Å²) in [4.78, 5) is 9.93. The number of nitrogens with zero attached hydrogens (tertiary/aromatic N) is 2. The van der Waals surface area contributed by atoms with Crippen molar-refractivity contribution in [3.05, 3.63) is 45.4 Å². The Morgan fingerprint density at radius 2 is 2.04 bits per heavy atom. The van der Waals surface area contributed by atoms with Crippen LogP contribution in [0.25, 0.3) is 0 Å². The average Bonchev–Trinajstić information content (AvgIpc) is 2.85. The van der Waals surface area contributed by atoms with Gasteiger partial charge in [0.1, 0.15) is 11.9 Å². The Bertz CT molecular complexity index is 702. The Kier molecular flexibility index (Phi) is 9.20. The van der Waals surface area contributed by atoms with Crippen LogP contribution < -0.4 is 15.4 Å². The smallest absolute Gasteiger partial charge is 0.191 e. The number of aryl methyl sites for hydroxylation is 3. The summed E-state index contributed by atoms with van der Waals surface area (Å²) in [6, 6.07) is 8.08. The quantitative estimate of drug-likeness (QED) is 0.380. The number of thiazole rings is 1. The van der Waals surface area contributed by atoms with E-state index in [9.17, 15) is 0 Å². The SMILES string of the molecule is CN=C(NCc1sc(C)nc1C)NCC(C)Oc1cccc(C)c1.I. The summed E-state index contributed by atoms with van der Waals surface area (Å²) in [7, 11) is 1.77. The molecule has 0 bridgehead atoms. The number of guanidine groups is 1. The molecule has 0 radical (unpaired) electrons. The van der Waals surface area contributed by atoms with Crippen LogP contribution in [0.2, 0.25) is 0 Å². The third kappa shape index (κ3) is 7.19. The predicted octanol–water partition coefficient (Wildman–Crippen LogP) is 3.82. The molecule has 0 aliphatic heterocycles. The minimum atomic E-state index is 0. The van der Waals surface area contributed by atoms with Gasteiger partial charge in [-0.05, 0) is 45.4 Å². The molecule has 0 aliphatic rings. The van der Waals surface area contributed by atoms with Crippen molar-refractivity contribution in [3.63, 3.8) is 0 Å². The van der Waals surface area contributed by atoms with E-state index in [4.69, 9.17) is 4.74 Å². The number of aliphatic imine (C=N–C) groups is 1. The zero-order valence-electron chi connectivity index (χ0n) is 15.4. The van der Waals surface area contributed by atoms with Gasteiger partial charge in [-0.2, -0.15) is 0 Å². The van der Waals surface area contributed by atoms with Gasteiger partial charge in [-0.1, -0.05) is 12.1 Å². The van der Waals surface area contributed by atoms with Crippen LogP contribution in [0.15, 0.2) is 29.3 Å². The van der Waals surface area contributed by atoms with E-state index in [1.54, 1.807) is 18.4 Å². The first kappa shape index (κ1) is 21.7. The number of halogens is 1. The summed E-state index contributed by atoms with van der Waals surface area (Å²) >= 11 is 1.71. The summed E-state index contributed by atoms with van der Waals surface area (Å²) in [5.41, 5.74) is 2.27. The van der Waals surface area contributed by atoms with E-state index in [2.05, 4.69) is 33.6 Å². The molecule has 7 heteroatoms. The van der Waals surface area contributed by atoms with E-state index in [1.807, 2.05) is 39.0 Å². The Balaban J connectivity index is 0.00000312. The third-order valence-electron chi connectivity index (χ3n) is 3.52. The van der Waals surface area contributed by atoms with Crippen LogP contribution in [0.3, 0.4) is 0 Å². The van der Waals surface area contributed by atoms with Crippen LogP contribution in [-0.4, -0.2) is 30.6 Å². The molecule has 0 fully saturated rings. The van der Waals surface area contributed by atoms with Crippen LogP contribution >= 0.6 is 35.3 Å².